The molecule has 0 aromatic heterocycles. The second-order valence-corrected chi connectivity index (χ2v) is 17.5. The van der Waals surface area contributed by atoms with Gasteiger partial charge in [-0.15, -0.1) is 0 Å². The van der Waals surface area contributed by atoms with Gasteiger partial charge in [-0.1, -0.05) is 147 Å². The number of quaternary nitrogens is 1. The molecule has 0 rings (SSSR count). The predicted molar refractivity (Wildman–Crippen MR) is 229 cm³/mol. The van der Waals surface area contributed by atoms with Crippen LogP contribution >= 0.6 is 7.82 Å². The molecule has 0 aromatic carbocycles. The van der Waals surface area contributed by atoms with Crippen molar-refractivity contribution in [2.45, 2.75) is 193 Å². The molecule has 8 nitrogen and oxygen atoms in total. The number of hydrogen-bond acceptors (Lipinski definition) is 6. The van der Waals surface area contributed by atoms with E-state index in [2.05, 4.69) is 50.3 Å². The van der Waals surface area contributed by atoms with Gasteiger partial charge in [-0.2, -0.15) is 0 Å². The Labute approximate surface area is 334 Å². The first kappa shape index (κ1) is 52.7. The number of carbonyl (C=O) groups excluding carboxylic acids is 1. The molecule has 0 bridgehead atoms. The van der Waals surface area contributed by atoms with Crippen LogP contribution in [0.1, 0.15) is 187 Å². The van der Waals surface area contributed by atoms with E-state index in [4.69, 9.17) is 18.5 Å². The molecule has 0 amide bonds. The van der Waals surface area contributed by atoms with Crippen LogP contribution in [0.15, 0.2) is 36.5 Å². The van der Waals surface area contributed by atoms with Gasteiger partial charge in [0.1, 0.15) is 19.3 Å². The lowest BCUT2D eigenvalue weighted by Gasteiger charge is -2.24. The van der Waals surface area contributed by atoms with Crippen LogP contribution in [-0.4, -0.2) is 75.6 Å². The first-order valence-corrected chi connectivity index (χ1v) is 23.7. The average molecular weight is 785 g/mol. The van der Waals surface area contributed by atoms with E-state index < -0.39 is 13.9 Å². The van der Waals surface area contributed by atoms with Crippen molar-refractivity contribution in [3.63, 3.8) is 0 Å². The van der Waals surface area contributed by atoms with Gasteiger partial charge in [0.2, 0.25) is 0 Å². The zero-order valence-electron chi connectivity index (χ0n) is 36.0. The second kappa shape index (κ2) is 38.6. The third-order valence-electron chi connectivity index (χ3n) is 9.42. The molecular weight excluding hydrogens is 697 g/mol. The van der Waals surface area contributed by atoms with Gasteiger partial charge in [0.05, 0.1) is 34.4 Å². The van der Waals surface area contributed by atoms with E-state index in [1.165, 1.54) is 109 Å². The summed E-state index contributed by atoms with van der Waals surface area (Å²) in [6, 6.07) is 0. The normalized spacial score (nSPS) is 14.1. The summed E-state index contributed by atoms with van der Waals surface area (Å²) in [7, 11) is 1.65. The molecule has 0 heterocycles. The predicted octanol–water partition coefficient (Wildman–Crippen LogP) is 13.0. The van der Waals surface area contributed by atoms with Crippen molar-refractivity contribution in [2.24, 2.45) is 0 Å². The van der Waals surface area contributed by atoms with Crippen molar-refractivity contribution in [2.75, 3.05) is 54.1 Å². The van der Waals surface area contributed by atoms with Crippen molar-refractivity contribution >= 4 is 13.8 Å². The SMILES string of the molecule is CCCCC/C=C\C/C=C\CCCCCCCCOCC(COP(=O)(O)OCC[N+](C)(C)C)OC(=O)CCCCCCC/C=C\CCCCCCCCC. The molecule has 9 heteroatoms. The number of phosphoric acid groups is 1. The fraction of sp³-hybridized carbons (Fsp3) is 0.844. The molecule has 0 aliphatic rings. The highest BCUT2D eigenvalue weighted by molar-refractivity contribution is 7.47. The minimum Gasteiger partial charge on any atom is -0.457 e. The van der Waals surface area contributed by atoms with E-state index in [1.54, 1.807) is 0 Å². The van der Waals surface area contributed by atoms with Gasteiger partial charge in [0.25, 0.3) is 0 Å². The highest BCUT2D eigenvalue weighted by Crippen LogP contribution is 2.43. The maximum absolute atomic E-state index is 12.7. The highest BCUT2D eigenvalue weighted by Gasteiger charge is 2.26. The minimum absolute atomic E-state index is 0.0846. The van der Waals surface area contributed by atoms with Gasteiger partial charge in [0, 0.05) is 13.0 Å². The van der Waals surface area contributed by atoms with Crippen molar-refractivity contribution in [3.8, 4) is 0 Å². The van der Waals surface area contributed by atoms with Gasteiger partial charge in [-0.3, -0.25) is 13.8 Å². The lowest BCUT2D eigenvalue weighted by Crippen LogP contribution is -2.37. The summed E-state index contributed by atoms with van der Waals surface area (Å²) in [5.74, 6) is -0.326. The Hall–Kier alpha value is -1.28. The van der Waals surface area contributed by atoms with E-state index in [9.17, 15) is 14.3 Å². The van der Waals surface area contributed by atoms with Crippen LogP contribution in [0.4, 0.5) is 0 Å². The van der Waals surface area contributed by atoms with Gasteiger partial charge < -0.3 is 18.9 Å². The van der Waals surface area contributed by atoms with Gasteiger partial charge >= 0.3 is 13.8 Å². The number of likely N-dealkylation sites (N-methyl/N-ethyl adjacent to an activating group) is 1. The van der Waals surface area contributed by atoms with Crippen LogP contribution in [0.5, 0.6) is 0 Å². The highest BCUT2D eigenvalue weighted by atomic mass is 31.2. The smallest absolute Gasteiger partial charge is 0.457 e. The third kappa shape index (κ3) is 41.9. The summed E-state index contributed by atoms with van der Waals surface area (Å²) in [6.45, 7) is 5.57. The number of rotatable bonds is 41. The number of ether oxygens (including phenoxy) is 2. The standard InChI is InChI=1S/C45H86NO7P/c1-6-8-10-12-14-16-18-20-22-24-26-28-30-32-34-36-38-45(47)53-44(43-52-54(48,49)51-41-39-46(3,4)5)42-50-40-37-35-33-31-29-27-25-23-21-19-17-15-13-11-9-7-2/h15,17,21-24,44H,6-14,16,18-20,25-43H2,1-5H3/p+1/b17-15-,23-21-,24-22-. The first-order chi connectivity index (χ1) is 26.1. The number of esters is 1. The van der Waals surface area contributed by atoms with Crippen LogP contribution in [0, 0.1) is 0 Å². The summed E-state index contributed by atoms with van der Waals surface area (Å²) in [5, 5.41) is 0. The van der Waals surface area contributed by atoms with Gasteiger partial charge in [0.15, 0.2) is 0 Å². The van der Waals surface area contributed by atoms with Crippen LogP contribution in [0.3, 0.4) is 0 Å². The molecule has 0 saturated heterocycles. The minimum atomic E-state index is -4.28. The molecular formula is C45H87NO7P+. The largest absolute Gasteiger partial charge is 0.472 e. The lowest BCUT2D eigenvalue weighted by atomic mass is 10.1. The maximum Gasteiger partial charge on any atom is 0.472 e. The molecule has 1 N–H and O–H groups in total. The zero-order valence-corrected chi connectivity index (χ0v) is 36.9. The van der Waals surface area contributed by atoms with E-state index in [0.717, 1.165) is 57.8 Å². The van der Waals surface area contributed by atoms with Gasteiger partial charge in [-0.25, -0.2) is 4.57 Å². The summed E-state index contributed by atoms with van der Waals surface area (Å²) in [6.07, 6.45) is 44.6. The number of phosphoric ester groups is 1. The lowest BCUT2D eigenvalue weighted by molar-refractivity contribution is -0.870. The number of unbranched alkanes of at least 4 members (excludes halogenated alkanes) is 21. The molecule has 0 aromatic rings. The Morgan fingerprint density at radius 3 is 1.56 bits per heavy atom. The monoisotopic (exact) mass is 785 g/mol. The Morgan fingerprint density at radius 2 is 1.02 bits per heavy atom. The molecule has 0 aliphatic heterocycles. The molecule has 0 radical (unpaired) electrons. The molecule has 2 unspecified atom stereocenters. The van der Waals surface area contributed by atoms with Crippen LogP contribution in [0.2, 0.25) is 0 Å². The number of hydrogen-bond donors (Lipinski definition) is 1. The molecule has 0 spiro atoms. The number of nitrogens with zero attached hydrogens (tertiary/aromatic N) is 1. The van der Waals surface area contributed by atoms with Crippen LogP contribution in [0.25, 0.3) is 0 Å². The molecule has 0 fully saturated rings. The summed E-state index contributed by atoms with van der Waals surface area (Å²) < 4.78 is 35.0. The fourth-order valence-corrected chi connectivity index (χ4v) is 6.67. The van der Waals surface area contributed by atoms with Crippen molar-refractivity contribution in [1.29, 1.82) is 0 Å². The topological polar surface area (TPSA) is 91.3 Å². The Balaban J connectivity index is 4.26. The summed E-state index contributed by atoms with van der Waals surface area (Å²) in [4.78, 5) is 22.9. The zero-order chi connectivity index (χ0) is 39.9. The second-order valence-electron chi connectivity index (χ2n) is 16.1. The van der Waals surface area contributed by atoms with Crippen LogP contribution < -0.4 is 0 Å². The maximum atomic E-state index is 12.7. The van der Waals surface area contributed by atoms with E-state index >= 15 is 0 Å². The van der Waals surface area contributed by atoms with E-state index in [1.807, 2.05) is 21.1 Å². The Kier molecular flexibility index (Phi) is 37.7. The first-order valence-electron chi connectivity index (χ1n) is 22.2. The quantitative estimate of drug-likeness (QED) is 0.0217. The third-order valence-corrected chi connectivity index (χ3v) is 10.4. The fourth-order valence-electron chi connectivity index (χ4n) is 5.93. The van der Waals surface area contributed by atoms with Crippen molar-refractivity contribution in [3.05, 3.63) is 36.5 Å². The van der Waals surface area contributed by atoms with Crippen molar-refractivity contribution in [1.82, 2.24) is 0 Å². The number of allylic oxidation sites excluding steroid dienone is 6. The van der Waals surface area contributed by atoms with E-state index in [0.29, 0.717) is 24.1 Å². The van der Waals surface area contributed by atoms with Crippen LogP contribution in [-0.2, 0) is 27.9 Å². The Bertz CT molecular complexity index is 962. The average Bonchev–Trinajstić information content (AvgIpc) is 3.12. The molecule has 0 saturated carbocycles. The number of carbonyl (C=O) groups is 1. The molecule has 54 heavy (non-hydrogen) atoms. The van der Waals surface area contributed by atoms with Gasteiger partial charge in [-0.05, 0) is 70.6 Å². The summed E-state index contributed by atoms with van der Waals surface area (Å²) in [5.41, 5.74) is 0. The molecule has 0 aliphatic carbocycles. The van der Waals surface area contributed by atoms with E-state index in [-0.39, 0.29) is 25.8 Å². The van der Waals surface area contributed by atoms with Crippen molar-refractivity contribution < 1.29 is 37.3 Å². The molecule has 2 atom stereocenters. The summed E-state index contributed by atoms with van der Waals surface area (Å²) >= 11 is 0. The molecule has 318 valence electrons. The Morgan fingerprint density at radius 1 is 0.574 bits per heavy atom.